The summed E-state index contributed by atoms with van der Waals surface area (Å²) in [6.45, 7) is 6.62. The molecule has 30 heavy (non-hydrogen) atoms. The summed E-state index contributed by atoms with van der Waals surface area (Å²) in [4.78, 5) is 29.1. The van der Waals surface area contributed by atoms with E-state index in [0.29, 0.717) is 36.9 Å². The number of aryl methyl sites for hydroxylation is 1. The number of benzene rings is 1. The van der Waals surface area contributed by atoms with Gasteiger partial charge in [0, 0.05) is 19.7 Å². The smallest absolute Gasteiger partial charge is 0.322 e. The van der Waals surface area contributed by atoms with Crippen LogP contribution in [0.25, 0.3) is 0 Å². The summed E-state index contributed by atoms with van der Waals surface area (Å²) >= 11 is 0. The number of rotatable bonds is 10. The number of hydrogen-bond acceptors (Lipinski definition) is 5. The zero-order valence-corrected chi connectivity index (χ0v) is 18.3. The van der Waals surface area contributed by atoms with Crippen LogP contribution in [0, 0.1) is 6.92 Å². The number of nitrogens with zero attached hydrogens (tertiary/aromatic N) is 2. The number of anilines is 1. The maximum atomic E-state index is 13.0. The van der Waals surface area contributed by atoms with E-state index in [1.807, 2.05) is 39.0 Å². The van der Waals surface area contributed by atoms with Crippen molar-refractivity contribution in [2.24, 2.45) is 0 Å². The van der Waals surface area contributed by atoms with Gasteiger partial charge in [-0.05, 0) is 45.0 Å². The summed E-state index contributed by atoms with van der Waals surface area (Å²) < 4.78 is 16.0. The van der Waals surface area contributed by atoms with Crippen molar-refractivity contribution >= 4 is 17.6 Å². The summed E-state index contributed by atoms with van der Waals surface area (Å²) in [7, 11) is 3.12. The molecular weight excluding hydrogens is 386 g/mol. The van der Waals surface area contributed by atoms with Crippen molar-refractivity contribution in [3.8, 4) is 5.75 Å². The van der Waals surface area contributed by atoms with E-state index < -0.39 is 0 Å². The van der Waals surface area contributed by atoms with Crippen molar-refractivity contribution < 1.29 is 23.5 Å². The lowest BCUT2D eigenvalue weighted by molar-refractivity contribution is -0.133. The fourth-order valence-electron chi connectivity index (χ4n) is 2.92. The zero-order valence-electron chi connectivity index (χ0n) is 18.3. The van der Waals surface area contributed by atoms with Crippen LogP contribution in [-0.4, -0.2) is 61.7 Å². The van der Waals surface area contributed by atoms with E-state index in [9.17, 15) is 9.59 Å². The third-order valence-corrected chi connectivity index (χ3v) is 4.60. The molecule has 0 saturated carbocycles. The molecule has 2 rings (SSSR count). The average Bonchev–Trinajstić information content (AvgIpc) is 3.13. The molecule has 8 heteroatoms. The Morgan fingerprint density at radius 1 is 1.13 bits per heavy atom. The van der Waals surface area contributed by atoms with Gasteiger partial charge in [-0.3, -0.25) is 4.79 Å². The standard InChI is InChI=1S/C22H31N3O5/c1-16(2)25(22(27)23-19-8-6-7-9-20(19)29-5)15-21(26)24(12-13-28-4)14-18-11-10-17(3)30-18/h6-11,16H,12-15H2,1-5H3,(H,23,27). The van der Waals surface area contributed by atoms with E-state index in [1.165, 1.54) is 4.90 Å². The van der Waals surface area contributed by atoms with Crippen LogP contribution in [0.15, 0.2) is 40.8 Å². The Hall–Kier alpha value is -3.00. The monoisotopic (exact) mass is 417 g/mol. The highest BCUT2D eigenvalue weighted by Crippen LogP contribution is 2.23. The van der Waals surface area contributed by atoms with Gasteiger partial charge in [0.2, 0.25) is 5.91 Å². The Balaban J connectivity index is 2.11. The minimum atomic E-state index is -0.372. The highest BCUT2D eigenvalue weighted by molar-refractivity contribution is 5.93. The molecule has 1 aromatic carbocycles. The average molecular weight is 418 g/mol. The van der Waals surface area contributed by atoms with Crippen LogP contribution in [0.2, 0.25) is 0 Å². The van der Waals surface area contributed by atoms with Gasteiger partial charge in [0.15, 0.2) is 0 Å². The van der Waals surface area contributed by atoms with E-state index >= 15 is 0 Å². The van der Waals surface area contributed by atoms with E-state index in [2.05, 4.69) is 5.32 Å². The highest BCUT2D eigenvalue weighted by Gasteiger charge is 2.25. The third-order valence-electron chi connectivity index (χ3n) is 4.60. The number of nitrogens with one attached hydrogen (secondary N) is 1. The molecule has 2 aromatic rings. The number of furan rings is 1. The lowest BCUT2D eigenvalue weighted by atomic mass is 10.2. The first kappa shape index (κ1) is 23.3. The second kappa shape index (κ2) is 11.3. The van der Waals surface area contributed by atoms with Gasteiger partial charge in [-0.15, -0.1) is 0 Å². The summed E-state index contributed by atoms with van der Waals surface area (Å²) in [5.41, 5.74) is 0.547. The normalized spacial score (nSPS) is 10.7. The molecule has 1 N–H and O–H groups in total. The molecule has 1 heterocycles. The Morgan fingerprint density at radius 3 is 2.47 bits per heavy atom. The first-order valence-corrected chi connectivity index (χ1v) is 9.88. The first-order valence-electron chi connectivity index (χ1n) is 9.88. The zero-order chi connectivity index (χ0) is 22.1. The predicted octanol–water partition coefficient (Wildman–Crippen LogP) is 3.51. The molecule has 0 aliphatic rings. The van der Waals surface area contributed by atoms with Crippen molar-refractivity contribution in [2.45, 2.75) is 33.4 Å². The number of ether oxygens (including phenoxy) is 2. The topological polar surface area (TPSA) is 84.2 Å². The molecule has 0 aliphatic carbocycles. The van der Waals surface area contributed by atoms with Gasteiger partial charge >= 0.3 is 6.03 Å². The predicted molar refractivity (Wildman–Crippen MR) is 115 cm³/mol. The quantitative estimate of drug-likeness (QED) is 0.639. The second-order valence-corrected chi connectivity index (χ2v) is 7.17. The number of para-hydroxylation sites is 2. The van der Waals surface area contributed by atoms with Gasteiger partial charge in [-0.2, -0.15) is 0 Å². The molecular formula is C22H31N3O5. The summed E-state index contributed by atoms with van der Waals surface area (Å²) in [5.74, 6) is 1.83. The fraction of sp³-hybridized carbons (Fsp3) is 0.455. The number of hydrogen-bond donors (Lipinski definition) is 1. The van der Waals surface area contributed by atoms with Crippen LogP contribution in [-0.2, 0) is 16.1 Å². The number of amides is 3. The van der Waals surface area contributed by atoms with Gasteiger partial charge in [-0.1, -0.05) is 12.1 Å². The minimum absolute atomic E-state index is 0.0674. The van der Waals surface area contributed by atoms with Gasteiger partial charge in [0.1, 0.15) is 23.8 Å². The summed E-state index contributed by atoms with van der Waals surface area (Å²) in [6.07, 6.45) is 0. The molecule has 0 radical (unpaired) electrons. The lowest BCUT2D eigenvalue weighted by Crippen LogP contribution is -2.47. The second-order valence-electron chi connectivity index (χ2n) is 7.17. The summed E-state index contributed by atoms with van der Waals surface area (Å²) in [6, 6.07) is 10.3. The highest BCUT2D eigenvalue weighted by atomic mass is 16.5. The Bertz CT molecular complexity index is 834. The molecule has 0 aliphatic heterocycles. The maximum Gasteiger partial charge on any atom is 0.322 e. The molecule has 0 unspecified atom stereocenters. The molecule has 0 atom stereocenters. The van der Waals surface area contributed by atoms with Crippen LogP contribution in [0.5, 0.6) is 5.75 Å². The van der Waals surface area contributed by atoms with E-state index in [1.54, 1.807) is 37.3 Å². The van der Waals surface area contributed by atoms with Crippen molar-refractivity contribution in [1.29, 1.82) is 0 Å². The van der Waals surface area contributed by atoms with Crippen molar-refractivity contribution in [1.82, 2.24) is 9.80 Å². The molecule has 0 fully saturated rings. The van der Waals surface area contributed by atoms with Crippen LogP contribution in [0.1, 0.15) is 25.4 Å². The Kier molecular flexibility index (Phi) is 8.73. The van der Waals surface area contributed by atoms with Crippen molar-refractivity contribution in [2.75, 3.05) is 39.2 Å². The van der Waals surface area contributed by atoms with Crippen LogP contribution < -0.4 is 10.1 Å². The Labute approximate surface area is 177 Å². The van der Waals surface area contributed by atoms with Gasteiger partial charge in [0.25, 0.3) is 0 Å². The molecule has 0 spiro atoms. The van der Waals surface area contributed by atoms with Crippen LogP contribution in [0.3, 0.4) is 0 Å². The third kappa shape index (κ3) is 6.52. The van der Waals surface area contributed by atoms with Crippen molar-refractivity contribution in [3.63, 3.8) is 0 Å². The minimum Gasteiger partial charge on any atom is -0.495 e. The lowest BCUT2D eigenvalue weighted by Gasteiger charge is -2.30. The summed E-state index contributed by atoms with van der Waals surface area (Å²) in [5, 5.41) is 2.83. The van der Waals surface area contributed by atoms with Gasteiger partial charge in [0.05, 0.1) is 25.9 Å². The SMILES string of the molecule is COCCN(Cc1ccc(C)o1)C(=O)CN(C(=O)Nc1ccccc1OC)C(C)C. The van der Waals surface area contributed by atoms with Crippen LogP contribution >= 0.6 is 0 Å². The Morgan fingerprint density at radius 2 is 1.87 bits per heavy atom. The number of urea groups is 1. The van der Waals surface area contributed by atoms with E-state index in [-0.39, 0.29) is 24.5 Å². The molecule has 8 nitrogen and oxygen atoms in total. The van der Waals surface area contributed by atoms with Gasteiger partial charge < -0.3 is 29.0 Å². The maximum absolute atomic E-state index is 13.0. The molecule has 164 valence electrons. The molecule has 3 amide bonds. The van der Waals surface area contributed by atoms with E-state index in [0.717, 1.165) is 5.76 Å². The number of carbonyl (C=O) groups excluding carboxylic acids is 2. The fourth-order valence-corrected chi connectivity index (χ4v) is 2.92. The largest absolute Gasteiger partial charge is 0.495 e. The van der Waals surface area contributed by atoms with Crippen molar-refractivity contribution in [3.05, 3.63) is 47.9 Å². The van der Waals surface area contributed by atoms with E-state index in [4.69, 9.17) is 13.9 Å². The first-order chi connectivity index (χ1) is 14.3. The van der Waals surface area contributed by atoms with Gasteiger partial charge in [-0.25, -0.2) is 4.79 Å². The molecule has 1 aromatic heterocycles. The molecule has 0 saturated heterocycles. The number of methoxy groups -OCH3 is 2. The van der Waals surface area contributed by atoms with Crippen LogP contribution in [0.4, 0.5) is 10.5 Å². The molecule has 0 bridgehead atoms. The number of carbonyl (C=O) groups is 2.